The molecule has 9 heteroatoms. The van der Waals surface area contributed by atoms with Gasteiger partial charge in [-0.05, 0) is 13.0 Å². The van der Waals surface area contributed by atoms with E-state index in [1.807, 2.05) is 0 Å². The summed E-state index contributed by atoms with van der Waals surface area (Å²) in [5.74, 6) is -0.276. The molecule has 1 aliphatic heterocycles. The number of sulfonamides is 1. The summed E-state index contributed by atoms with van der Waals surface area (Å²) in [5.41, 5.74) is 1.41. The molecule has 20 heavy (non-hydrogen) atoms. The second-order valence-corrected chi connectivity index (χ2v) is 6.70. The van der Waals surface area contributed by atoms with Crippen molar-refractivity contribution in [3.8, 4) is 0 Å². The van der Waals surface area contributed by atoms with Crippen LogP contribution in [0, 0.1) is 0 Å². The monoisotopic (exact) mass is 302 g/mol. The van der Waals surface area contributed by atoms with Gasteiger partial charge in [-0.15, -0.1) is 0 Å². The van der Waals surface area contributed by atoms with Gasteiger partial charge in [0, 0.05) is 6.54 Å². The van der Waals surface area contributed by atoms with Gasteiger partial charge in [0.25, 0.3) is 0 Å². The van der Waals surface area contributed by atoms with Crippen LogP contribution in [0.2, 0.25) is 0 Å². The highest BCUT2D eigenvalue weighted by Crippen LogP contribution is 2.17. The van der Waals surface area contributed by atoms with Crippen LogP contribution < -0.4 is 4.72 Å². The van der Waals surface area contributed by atoms with Gasteiger partial charge in [0.1, 0.15) is 0 Å². The third-order valence-corrected chi connectivity index (χ3v) is 3.75. The average molecular weight is 302 g/mol. The molecule has 0 saturated heterocycles. The third-order valence-electron chi connectivity index (χ3n) is 3.08. The molecule has 2 rings (SSSR count). The van der Waals surface area contributed by atoms with Gasteiger partial charge in [0.15, 0.2) is 0 Å². The normalized spacial score (nSPS) is 16.9. The Kier molecular flexibility index (Phi) is 4.11. The average Bonchev–Trinajstić information content (AvgIpc) is 2.77. The van der Waals surface area contributed by atoms with Gasteiger partial charge in [-0.2, -0.15) is 5.10 Å². The Morgan fingerprint density at radius 3 is 2.85 bits per heavy atom. The van der Waals surface area contributed by atoms with Crippen LogP contribution in [0.5, 0.6) is 0 Å². The van der Waals surface area contributed by atoms with Gasteiger partial charge in [-0.25, -0.2) is 13.1 Å². The number of nitrogens with zero attached hydrogens (tertiary/aromatic N) is 3. The SMILES string of the molecule is C[C@@H](O)c1cc2n(n1)CCN(C(=O)CNS(C)(=O)=O)C2. The van der Waals surface area contributed by atoms with Crippen molar-refractivity contribution in [2.75, 3.05) is 19.3 Å². The van der Waals surface area contributed by atoms with Crippen molar-refractivity contribution in [2.24, 2.45) is 0 Å². The first-order valence-electron chi connectivity index (χ1n) is 6.23. The number of hydrogen-bond acceptors (Lipinski definition) is 5. The molecule has 1 amide bonds. The highest BCUT2D eigenvalue weighted by molar-refractivity contribution is 7.88. The summed E-state index contributed by atoms with van der Waals surface area (Å²) in [6.45, 7) is 2.76. The number of nitrogens with one attached hydrogen (secondary N) is 1. The molecule has 0 radical (unpaired) electrons. The zero-order valence-electron chi connectivity index (χ0n) is 11.4. The van der Waals surface area contributed by atoms with Crippen molar-refractivity contribution >= 4 is 15.9 Å². The second-order valence-electron chi connectivity index (χ2n) is 4.87. The van der Waals surface area contributed by atoms with E-state index in [1.165, 1.54) is 0 Å². The number of carbonyl (C=O) groups excluding carboxylic acids is 1. The van der Waals surface area contributed by atoms with E-state index in [9.17, 15) is 18.3 Å². The maximum Gasteiger partial charge on any atom is 0.238 e. The maximum atomic E-state index is 11.9. The Morgan fingerprint density at radius 1 is 1.55 bits per heavy atom. The summed E-state index contributed by atoms with van der Waals surface area (Å²) >= 11 is 0. The van der Waals surface area contributed by atoms with Crippen LogP contribution in [0.4, 0.5) is 0 Å². The molecule has 0 unspecified atom stereocenters. The number of fused-ring (bicyclic) bond motifs is 1. The lowest BCUT2D eigenvalue weighted by molar-refractivity contribution is -0.131. The minimum atomic E-state index is -3.37. The minimum absolute atomic E-state index is 0.240. The summed E-state index contributed by atoms with van der Waals surface area (Å²) in [6.07, 6.45) is 0.365. The minimum Gasteiger partial charge on any atom is -0.387 e. The largest absolute Gasteiger partial charge is 0.387 e. The van der Waals surface area contributed by atoms with E-state index in [1.54, 1.807) is 22.6 Å². The zero-order chi connectivity index (χ0) is 14.9. The molecule has 8 nitrogen and oxygen atoms in total. The molecule has 0 aromatic carbocycles. The first kappa shape index (κ1) is 14.9. The number of aliphatic hydroxyl groups is 1. The lowest BCUT2D eigenvalue weighted by Gasteiger charge is -2.27. The van der Waals surface area contributed by atoms with E-state index in [4.69, 9.17) is 0 Å². The topological polar surface area (TPSA) is 105 Å². The number of hydrogen-bond donors (Lipinski definition) is 2. The van der Waals surface area contributed by atoms with Crippen LogP contribution in [0.3, 0.4) is 0 Å². The Hall–Kier alpha value is -1.45. The fourth-order valence-corrected chi connectivity index (χ4v) is 2.40. The van der Waals surface area contributed by atoms with Crippen LogP contribution in [0.15, 0.2) is 6.07 Å². The number of aliphatic hydroxyl groups excluding tert-OH is 1. The van der Waals surface area contributed by atoms with Gasteiger partial charge in [-0.1, -0.05) is 0 Å². The van der Waals surface area contributed by atoms with E-state index >= 15 is 0 Å². The number of rotatable bonds is 4. The lowest BCUT2D eigenvalue weighted by atomic mass is 10.2. The Morgan fingerprint density at radius 2 is 2.25 bits per heavy atom. The maximum absolute atomic E-state index is 11.9. The van der Waals surface area contributed by atoms with Crippen LogP contribution in [-0.4, -0.2) is 53.5 Å². The number of carbonyl (C=O) groups is 1. The van der Waals surface area contributed by atoms with E-state index in [2.05, 4.69) is 9.82 Å². The summed E-state index contributed by atoms with van der Waals surface area (Å²) < 4.78 is 25.9. The molecule has 1 aromatic rings. The van der Waals surface area contributed by atoms with E-state index < -0.39 is 16.1 Å². The molecule has 1 atom stereocenters. The Bertz CT molecular complexity index is 608. The van der Waals surface area contributed by atoms with Crippen LogP contribution in [0.25, 0.3) is 0 Å². The van der Waals surface area contributed by atoms with Crippen molar-refractivity contribution in [3.63, 3.8) is 0 Å². The number of amides is 1. The van der Waals surface area contributed by atoms with Crippen LogP contribution in [0.1, 0.15) is 24.4 Å². The van der Waals surface area contributed by atoms with E-state index in [0.717, 1.165) is 11.9 Å². The fraction of sp³-hybridized carbons (Fsp3) is 0.636. The molecule has 2 N–H and O–H groups in total. The van der Waals surface area contributed by atoms with Crippen LogP contribution >= 0.6 is 0 Å². The molecule has 2 heterocycles. The van der Waals surface area contributed by atoms with Crippen molar-refractivity contribution < 1.29 is 18.3 Å². The Labute approximate surface area is 117 Å². The Balaban J connectivity index is 2.01. The summed E-state index contributed by atoms with van der Waals surface area (Å²) in [5, 5.41) is 13.7. The fourth-order valence-electron chi connectivity index (χ4n) is 2.01. The molecule has 0 bridgehead atoms. The van der Waals surface area contributed by atoms with E-state index in [0.29, 0.717) is 25.3 Å². The third kappa shape index (κ3) is 3.56. The highest BCUT2D eigenvalue weighted by Gasteiger charge is 2.23. The van der Waals surface area contributed by atoms with Crippen molar-refractivity contribution in [1.29, 1.82) is 0 Å². The highest BCUT2D eigenvalue weighted by atomic mass is 32.2. The summed E-state index contributed by atoms with van der Waals surface area (Å²) in [6, 6.07) is 1.76. The van der Waals surface area contributed by atoms with Gasteiger partial charge in [0.05, 0.1) is 43.4 Å². The predicted octanol–water partition coefficient (Wildman–Crippen LogP) is -1.17. The number of aromatic nitrogens is 2. The van der Waals surface area contributed by atoms with Gasteiger partial charge >= 0.3 is 0 Å². The van der Waals surface area contributed by atoms with Gasteiger partial charge < -0.3 is 10.0 Å². The zero-order valence-corrected chi connectivity index (χ0v) is 12.2. The van der Waals surface area contributed by atoms with Gasteiger partial charge in [-0.3, -0.25) is 9.48 Å². The summed E-state index contributed by atoms with van der Waals surface area (Å²) in [7, 11) is -3.37. The standard InChI is InChI=1S/C11H18N4O4S/c1-8(16)10-5-9-7-14(3-4-15(9)13-10)11(17)6-12-20(2,18)19/h5,8,12,16H,3-4,6-7H2,1-2H3/t8-/m1/s1. The summed E-state index contributed by atoms with van der Waals surface area (Å²) in [4.78, 5) is 13.5. The molecule has 1 aliphatic rings. The van der Waals surface area contributed by atoms with E-state index in [-0.39, 0.29) is 12.5 Å². The quantitative estimate of drug-likeness (QED) is 0.729. The van der Waals surface area contributed by atoms with Crippen molar-refractivity contribution in [2.45, 2.75) is 26.1 Å². The molecule has 112 valence electrons. The van der Waals surface area contributed by atoms with Crippen LogP contribution in [-0.2, 0) is 27.9 Å². The molecule has 0 aliphatic carbocycles. The lowest BCUT2D eigenvalue weighted by Crippen LogP contribution is -2.43. The predicted molar refractivity (Wildman–Crippen MR) is 71.1 cm³/mol. The smallest absolute Gasteiger partial charge is 0.238 e. The molecular formula is C11H18N4O4S. The molecule has 0 fully saturated rings. The molecule has 1 aromatic heterocycles. The molecule has 0 spiro atoms. The molecular weight excluding hydrogens is 284 g/mol. The van der Waals surface area contributed by atoms with Gasteiger partial charge in [0.2, 0.25) is 15.9 Å². The first-order valence-corrected chi connectivity index (χ1v) is 8.12. The molecule has 0 saturated carbocycles. The first-order chi connectivity index (χ1) is 9.26. The van der Waals surface area contributed by atoms with Crippen molar-refractivity contribution in [1.82, 2.24) is 19.4 Å². The van der Waals surface area contributed by atoms with Crippen molar-refractivity contribution in [3.05, 3.63) is 17.5 Å². The second kappa shape index (κ2) is 5.51.